The Hall–Kier alpha value is -0.960. The van der Waals surface area contributed by atoms with Crippen molar-refractivity contribution >= 4 is 21.6 Å². The molecule has 0 aromatic carbocycles. The SMILES string of the molecule is [c]1cncc2ncsc12. The van der Waals surface area contributed by atoms with Gasteiger partial charge in [0.15, 0.2) is 0 Å². The molecule has 0 bridgehead atoms. The fourth-order valence-corrected chi connectivity index (χ4v) is 1.28. The van der Waals surface area contributed by atoms with Gasteiger partial charge in [0.1, 0.15) is 5.52 Å². The number of nitrogens with zero attached hydrogens (tertiary/aromatic N) is 2. The molecule has 0 fully saturated rings. The largest absolute Gasteiger partial charge is 0.262 e. The van der Waals surface area contributed by atoms with Gasteiger partial charge >= 0.3 is 0 Å². The van der Waals surface area contributed by atoms with E-state index >= 15 is 0 Å². The van der Waals surface area contributed by atoms with Gasteiger partial charge in [-0.1, -0.05) is 0 Å². The summed E-state index contributed by atoms with van der Waals surface area (Å²) < 4.78 is 1.07. The summed E-state index contributed by atoms with van der Waals surface area (Å²) in [7, 11) is 0. The van der Waals surface area contributed by atoms with Crippen LogP contribution in [0.5, 0.6) is 0 Å². The van der Waals surface area contributed by atoms with Crippen molar-refractivity contribution in [2.24, 2.45) is 0 Å². The number of hydrogen-bond acceptors (Lipinski definition) is 3. The average Bonchev–Trinajstić information content (AvgIpc) is 2.33. The summed E-state index contributed by atoms with van der Waals surface area (Å²) in [5, 5.41) is 0. The molecule has 0 atom stereocenters. The van der Waals surface area contributed by atoms with Crippen LogP contribution in [0.3, 0.4) is 0 Å². The topological polar surface area (TPSA) is 25.8 Å². The van der Waals surface area contributed by atoms with E-state index in [0.717, 1.165) is 10.2 Å². The lowest BCUT2D eigenvalue weighted by Crippen LogP contribution is -1.68. The Morgan fingerprint density at radius 2 is 2.56 bits per heavy atom. The normalized spacial score (nSPS) is 10.2. The van der Waals surface area contributed by atoms with E-state index in [9.17, 15) is 0 Å². The minimum atomic E-state index is 0.933. The summed E-state index contributed by atoms with van der Waals surface area (Å²) in [6.07, 6.45) is 3.39. The molecule has 0 aliphatic heterocycles. The van der Waals surface area contributed by atoms with Crippen molar-refractivity contribution in [3.8, 4) is 0 Å². The number of rotatable bonds is 0. The first-order valence-electron chi connectivity index (χ1n) is 2.52. The summed E-state index contributed by atoms with van der Waals surface area (Å²) in [6, 6.07) is 2.98. The quantitative estimate of drug-likeness (QED) is 0.547. The Kier molecular flexibility index (Phi) is 0.960. The highest BCUT2D eigenvalue weighted by molar-refractivity contribution is 7.16. The highest BCUT2D eigenvalue weighted by Crippen LogP contribution is 2.13. The third-order valence-corrected chi connectivity index (χ3v) is 1.84. The molecule has 43 valence electrons. The molecule has 0 amide bonds. The molecule has 0 unspecified atom stereocenters. The van der Waals surface area contributed by atoms with Crippen LogP contribution < -0.4 is 0 Å². The van der Waals surface area contributed by atoms with Gasteiger partial charge in [-0.15, -0.1) is 11.3 Å². The number of aromatic nitrogens is 2. The van der Waals surface area contributed by atoms with Crippen LogP contribution in [0, 0.1) is 6.07 Å². The lowest BCUT2D eigenvalue weighted by atomic mass is 10.5. The van der Waals surface area contributed by atoms with Crippen molar-refractivity contribution in [1.82, 2.24) is 9.97 Å². The molecule has 2 heterocycles. The van der Waals surface area contributed by atoms with Crippen molar-refractivity contribution < 1.29 is 0 Å². The zero-order chi connectivity index (χ0) is 6.10. The molecule has 1 radical (unpaired) electrons. The Morgan fingerprint density at radius 1 is 1.56 bits per heavy atom. The summed E-state index contributed by atoms with van der Waals surface area (Å²) >= 11 is 1.58. The van der Waals surface area contributed by atoms with Gasteiger partial charge in [0.2, 0.25) is 0 Å². The van der Waals surface area contributed by atoms with Crippen molar-refractivity contribution in [3.05, 3.63) is 24.0 Å². The maximum absolute atomic E-state index is 4.04. The third-order valence-electron chi connectivity index (χ3n) is 1.06. The van der Waals surface area contributed by atoms with Crippen LogP contribution >= 0.6 is 11.3 Å². The number of hydrogen-bond donors (Lipinski definition) is 0. The van der Waals surface area contributed by atoms with E-state index in [1.807, 2.05) is 0 Å². The minimum absolute atomic E-state index is 0.933. The summed E-state index contributed by atoms with van der Waals surface area (Å²) in [5.41, 5.74) is 2.73. The minimum Gasteiger partial charge on any atom is -0.262 e. The molecule has 0 spiro atoms. The predicted octanol–water partition coefficient (Wildman–Crippen LogP) is 1.49. The lowest BCUT2D eigenvalue weighted by Gasteiger charge is -1.79. The summed E-state index contributed by atoms with van der Waals surface area (Å²) in [4.78, 5) is 7.92. The van der Waals surface area contributed by atoms with E-state index in [1.165, 1.54) is 0 Å². The van der Waals surface area contributed by atoms with Crippen molar-refractivity contribution in [2.75, 3.05) is 0 Å². The maximum atomic E-state index is 4.04. The smallest absolute Gasteiger partial charge is 0.100 e. The van der Waals surface area contributed by atoms with Crippen LogP contribution in [0.1, 0.15) is 0 Å². The Balaban J connectivity index is 2.95. The van der Waals surface area contributed by atoms with Gasteiger partial charge in [-0.05, 0) is 0 Å². The van der Waals surface area contributed by atoms with Gasteiger partial charge in [-0.2, -0.15) is 0 Å². The molecular weight excluding hydrogens is 132 g/mol. The monoisotopic (exact) mass is 135 g/mol. The van der Waals surface area contributed by atoms with Crippen LogP contribution in [-0.2, 0) is 0 Å². The molecule has 2 nitrogen and oxygen atoms in total. The van der Waals surface area contributed by atoms with Crippen molar-refractivity contribution in [2.45, 2.75) is 0 Å². The van der Waals surface area contributed by atoms with Gasteiger partial charge in [0.05, 0.1) is 16.4 Å². The van der Waals surface area contributed by atoms with E-state index < -0.39 is 0 Å². The molecular formula is C6H3N2S. The van der Waals surface area contributed by atoms with E-state index in [2.05, 4.69) is 16.0 Å². The maximum Gasteiger partial charge on any atom is 0.100 e. The molecule has 0 aliphatic rings. The average molecular weight is 135 g/mol. The molecule has 2 aromatic heterocycles. The second kappa shape index (κ2) is 1.77. The van der Waals surface area contributed by atoms with Crippen molar-refractivity contribution in [3.63, 3.8) is 0 Å². The standard InChI is InChI=1S/C6H3N2S/c1-2-7-3-5-6(1)9-4-8-5/h2-4H. The van der Waals surface area contributed by atoms with Crippen LogP contribution in [-0.4, -0.2) is 9.97 Å². The Bertz CT molecular complexity index is 285. The molecule has 2 aromatic rings. The molecule has 3 heteroatoms. The van der Waals surface area contributed by atoms with Crippen LogP contribution in [0.15, 0.2) is 17.9 Å². The summed E-state index contributed by atoms with van der Waals surface area (Å²) in [5.74, 6) is 0. The lowest BCUT2D eigenvalue weighted by molar-refractivity contribution is 1.34. The first-order chi connectivity index (χ1) is 4.47. The first kappa shape index (κ1) is 4.88. The van der Waals surface area contributed by atoms with E-state index in [4.69, 9.17) is 0 Å². The Morgan fingerprint density at radius 3 is 3.44 bits per heavy atom. The van der Waals surface area contributed by atoms with Gasteiger partial charge in [0, 0.05) is 12.3 Å². The summed E-state index contributed by atoms with van der Waals surface area (Å²) in [6.45, 7) is 0. The van der Waals surface area contributed by atoms with E-state index in [1.54, 1.807) is 29.2 Å². The van der Waals surface area contributed by atoms with Gasteiger partial charge in [-0.3, -0.25) is 4.98 Å². The van der Waals surface area contributed by atoms with Crippen molar-refractivity contribution in [1.29, 1.82) is 0 Å². The predicted molar refractivity (Wildman–Crippen MR) is 36.3 cm³/mol. The van der Waals surface area contributed by atoms with E-state index in [-0.39, 0.29) is 0 Å². The Labute approximate surface area is 56.2 Å². The van der Waals surface area contributed by atoms with Gasteiger partial charge in [0.25, 0.3) is 0 Å². The van der Waals surface area contributed by atoms with Gasteiger partial charge in [-0.25, -0.2) is 4.98 Å². The highest BCUT2D eigenvalue weighted by atomic mass is 32.1. The second-order valence-corrected chi connectivity index (χ2v) is 2.47. The molecule has 0 aliphatic carbocycles. The first-order valence-corrected chi connectivity index (χ1v) is 3.40. The number of pyridine rings is 1. The van der Waals surface area contributed by atoms with Crippen LogP contribution in [0.2, 0.25) is 0 Å². The fourth-order valence-electron chi connectivity index (χ4n) is 0.659. The molecule has 0 saturated carbocycles. The molecule has 9 heavy (non-hydrogen) atoms. The zero-order valence-corrected chi connectivity index (χ0v) is 5.35. The molecule has 0 saturated heterocycles. The number of thiazole rings is 1. The zero-order valence-electron chi connectivity index (χ0n) is 4.53. The second-order valence-electron chi connectivity index (χ2n) is 1.62. The fraction of sp³-hybridized carbons (Fsp3) is 0. The highest BCUT2D eigenvalue weighted by Gasteiger charge is 1.91. The van der Waals surface area contributed by atoms with Gasteiger partial charge < -0.3 is 0 Å². The number of fused-ring (bicyclic) bond motifs is 1. The van der Waals surface area contributed by atoms with Crippen LogP contribution in [0.4, 0.5) is 0 Å². The molecule has 2 rings (SSSR count). The third kappa shape index (κ3) is 0.695. The van der Waals surface area contributed by atoms with Crippen LogP contribution in [0.25, 0.3) is 10.2 Å². The molecule has 0 N–H and O–H groups in total. The van der Waals surface area contributed by atoms with E-state index in [0.29, 0.717) is 0 Å².